The van der Waals surface area contributed by atoms with Crippen LogP contribution in [0.4, 0.5) is 10.1 Å². The molecule has 5 rings (SSSR count). The summed E-state index contributed by atoms with van der Waals surface area (Å²) < 4.78 is 47.0. The number of nitrogens with one attached hydrogen (secondary N) is 2. The van der Waals surface area contributed by atoms with Gasteiger partial charge in [-0.1, -0.05) is 54.1 Å². The molecule has 0 spiro atoms. The van der Waals surface area contributed by atoms with Crippen LogP contribution in [0.3, 0.4) is 0 Å². The van der Waals surface area contributed by atoms with Gasteiger partial charge in [0.1, 0.15) is 17.6 Å². The molecule has 1 heterocycles. The zero-order chi connectivity index (χ0) is 33.2. The zero-order valence-corrected chi connectivity index (χ0v) is 26.5. The average molecular weight is 673 g/mol. The van der Waals surface area contributed by atoms with Gasteiger partial charge < -0.3 is 15.0 Å². The first-order valence-corrected chi connectivity index (χ1v) is 16.3. The number of aromatic nitrogens is 1. The Morgan fingerprint density at radius 2 is 1.49 bits per heavy atom. The minimum absolute atomic E-state index is 0.0557. The van der Waals surface area contributed by atoms with E-state index >= 15 is 0 Å². The number of anilines is 1. The number of rotatable bonds is 13. The minimum Gasteiger partial charge on any atom is -0.484 e. The Bertz CT molecular complexity index is 1900. The van der Waals surface area contributed by atoms with Crippen molar-refractivity contribution < 1.29 is 27.1 Å². The Balaban J connectivity index is 1.35. The highest BCUT2D eigenvalue weighted by molar-refractivity contribution is 7.92. The molecule has 2 amide bonds. The molecule has 9 nitrogen and oxygen atoms in total. The Hall–Kier alpha value is -5.26. The van der Waals surface area contributed by atoms with Crippen LogP contribution < -0.4 is 14.8 Å². The van der Waals surface area contributed by atoms with E-state index in [1.165, 1.54) is 41.3 Å². The first-order chi connectivity index (χ1) is 22.7. The van der Waals surface area contributed by atoms with Crippen molar-refractivity contribution >= 4 is 39.1 Å². The predicted octanol–water partition coefficient (Wildman–Crippen LogP) is 6.14. The highest BCUT2D eigenvalue weighted by atomic mass is 35.5. The largest absolute Gasteiger partial charge is 0.484 e. The van der Waals surface area contributed by atoms with E-state index in [0.717, 1.165) is 23.3 Å². The summed E-state index contributed by atoms with van der Waals surface area (Å²) in [5.41, 5.74) is 2.40. The highest BCUT2D eigenvalue weighted by Crippen LogP contribution is 2.26. The molecule has 0 aliphatic rings. The number of amides is 2. The third-order valence-electron chi connectivity index (χ3n) is 7.07. The third-order valence-corrected chi connectivity index (χ3v) is 8.72. The first-order valence-electron chi connectivity index (χ1n) is 14.4. The van der Waals surface area contributed by atoms with Gasteiger partial charge in [-0.05, 0) is 89.5 Å². The number of halogens is 2. The molecule has 0 fully saturated rings. The summed E-state index contributed by atoms with van der Waals surface area (Å²) >= 11 is 6.10. The van der Waals surface area contributed by atoms with Gasteiger partial charge in [-0.3, -0.25) is 19.3 Å². The van der Waals surface area contributed by atoms with Gasteiger partial charge >= 0.3 is 0 Å². The van der Waals surface area contributed by atoms with Crippen LogP contribution in [-0.4, -0.2) is 36.7 Å². The van der Waals surface area contributed by atoms with Crippen LogP contribution in [0.25, 0.3) is 0 Å². The number of sulfonamides is 1. The molecule has 47 heavy (non-hydrogen) atoms. The van der Waals surface area contributed by atoms with Gasteiger partial charge in [0, 0.05) is 36.2 Å². The lowest BCUT2D eigenvalue weighted by Crippen LogP contribution is -2.45. The SMILES string of the molecule is O=C(NCc1ccncc1)[C@@H](c1ccccc1)N(Cc1ccc(Cl)cc1)C(=O)COc1ccc(S(=O)(=O)Nc2ccc(F)cc2)cc1. The Kier molecular flexibility index (Phi) is 10.8. The van der Waals surface area contributed by atoms with Crippen LogP contribution in [0.5, 0.6) is 5.75 Å². The molecule has 0 radical (unpaired) electrons. The van der Waals surface area contributed by atoms with Crippen LogP contribution in [0.2, 0.25) is 5.02 Å². The topological polar surface area (TPSA) is 118 Å². The molecule has 0 unspecified atom stereocenters. The van der Waals surface area contributed by atoms with E-state index in [0.29, 0.717) is 10.6 Å². The molecule has 2 N–H and O–H groups in total. The molecule has 0 aliphatic carbocycles. The molecule has 4 aromatic carbocycles. The number of benzene rings is 4. The number of hydrogen-bond donors (Lipinski definition) is 2. The number of ether oxygens (including phenoxy) is 1. The van der Waals surface area contributed by atoms with Gasteiger partial charge in [-0.15, -0.1) is 0 Å². The fourth-order valence-electron chi connectivity index (χ4n) is 4.68. The maximum atomic E-state index is 13.9. The quantitative estimate of drug-likeness (QED) is 0.155. The normalized spacial score (nSPS) is 11.7. The number of hydrogen-bond acceptors (Lipinski definition) is 6. The van der Waals surface area contributed by atoms with Crippen molar-refractivity contribution in [3.63, 3.8) is 0 Å². The molecule has 240 valence electrons. The lowest BCUT2D eigenvalue weighted by molar-refractivity contribution is -0.143. The molecule has 1 aromatic heterocycles. The summed E-state index contributed by atoms with van der Waals surface area (Å²) in [7, 11) is -3.96. The lowest BCUT2D eigenvalue weighted by atomic mass is 10.0. The van der Waals surface area contributed by atoms with Gasteiger partial charge in [0.05, 0.1) is 4.90 Å². The molecule has 1 atom stereocenters. The molecule has 0 bridgehead atoms. The number of nitrogens with zero attached hydrogens (tertiary/aromatic N) is 2. The van der Waals surface area contributed by atoms with E-state index < -0.39 is 40.3 Å². The Morgan fingerprint density at radius 3 is 2.15 bits per heavy atom. The second-order valence-electron chi connectivity index (χ2n) is 10.4. The fraction of sp³-hybridized carbons (Fsp3) is 0.114. The fourth-order valence-corrected chi connectivity index (χ4v) is 5.86. The van der Waals surface area contributed by atoms with Gasteiger partial charge in [0.15, 0.2) is 6.61 Å². The van der Waals surface area contributed by atoms with Crippen LogP contribution in [-0.2, 0) is 32.7 Å². The van der Waals surface area contributed by atoms with E-state index in [1.54, 1.807) is 73.1 Å². The third kappa shape index (κ3) is 9.15. The monoisotopic (exact) mass is 672 g/mol. The van der Waals surface area contributed by atoms with Crippen LogP contribution in [0.15, 0.2) is 133 Å². The van der Waals surface area contributed by atoms with Crippen molar-refractivity contribution in [2.24, 2.45) is 0 Å². The Morgan fingerprint density at radius 1 is 0.830 bits per heavy atom. The summed E-state index contributed by atoms with van der Waals surface area (Å²) in [4.78, 5) is 33.1. The number of carbonyl (C=O) groups excluding carboxylic acids is 2. The van der Waals surface area contributed by atoms with Gasteiger partial charge in [0.2, 0.25) is 5.91 Å². The zero-order valence-electron chi connectivity index (χ0n) is 24.9. The lowest BCUT2D eigenvalue weighted by Gasteiger charge is -2.31. The summed E-state index contributed by atoms with van der Waals surface area (Å²) in [5, 5.41) is 3.47. The highest BCUT2D eigenvalue weighted by Gasteiger charge is 2.32. The van der Waals surface area contributed by atoms with Crippen molar-refractivity contribution in [2.75, 3.05) is 11.3 Å². The van der Waals surface area contributed by atoms with Crippen molar-refractivity contribution in [1.29, 1.82) is 0 Å². The molecular formula is C35H30ClFN4O5S. The second-order valence-corrected chi connectivity index (χ2v) is 12.5. The molecule has 12 heteroatoms. The van der Waals surface area contributed by atoms with Gasteiger partial charge in [0.25, 0.3) is 15.9 Å². The minimum atomic E-state index is -3.96. The van der Waals surface area contributed by atoms with Crippen molar-refractivity contribution in [1.82, 2.24) is 15.2 Å². The van der Waals surface area contributed by atoms with Crippen LogP contribution in [0.1, 0.15) is 22.7 Å². The van der Waals surface area contributed by atoms with Crippen molar-refractivity contribution in [3.05, 3.63) is 155 Å². The summed E-state index contributed by atoms with van der Waals surface area (Å²) in [6, 6.07) is 28.9. The van der Waals surface area contributed by atoms with E-state index in [4.69, 9.17) is 16.3 Å². The average Bonchev–Trinajstić information content (AvgIpc) is 3.09. The molecule has 0 saturated heterocycles. The van der Waals surface area contributed by atoms with Gasteiger partial charge in [-0.2, -0.15) is 0 Å². The molecule has 0 aliphatic heterocycles. The second kappa shape index (κ2) is 15.4. The van der Waals surface area contributed by atoms with Crippen LogP contribution >= 0.6 is 11.6 Å². The standard InChI is InChI=1S/C35H30ClFN4O5S/c36-28-8-6-26(7-9-28)23-41(34(27-4-2-1-3-5-27)35(43)39-22-25-18-20-38-21-19-25)33(42)24-46-31-14-16-32(17-15-31)47(44,45)40-30-12-10-29(37)11-13-30/h1-21,34,40H,22-24H2,(H,39,43)/t34-/m1/s1. The molecular weight excluding hydrogens is 643 g/mol. The van der Waals surface area contributed by atoms with Crippen molar-refractivity contribution in [3.8, 4) is 5.75 Å². The first kappa shape index (κ1) is 33.1. The summed E-state index contributed by atoms with van der Waals surface area (Å²) in [5.74, 6) is -1.12. The van der Waals surface area contributed by atoms with Crippen molar-refractivity contribution in [2.45, 2.75) is 24.0 Å². The maximum absolute atomic E-state index is 13.9. The predicted molar refractivity (Wildman–Crippen MR) is 176 cm³/mol. The smallest absolute Gasteiger partial charge is 0.261 e. The van der Waals surface area contributed by atoms with E-state index in [9.17, 15) is 22.4 Å². The summed E-state index contributed by atoms with van der Waals surface area (Å²) in [6.07, 6.45) is 3.27. The van der Waals surface area contributed by atoms with Crippen LogP contribution in [0, 0.1) is 5.82 Å². The number of carbonyl (C=O) groups is 2. The van der Waals surface area contributed by atoms with E-state index in [2.05, 4.69) is 15.0 Å². The van der Waals surface area contributed by atoms with Gasteiger partial charge in [-0.25, -0.2) is 12.8 Å². The van der Waals surface area contributed by atoms with E-state index in [1.807, 2.05) is 6.07 Å². The maximum Gasteiger partial charge on any atom is 0.261 e. The molecule has 5 aromatic rings. The Labute approximate surface area is 277 Å². The summed E-state index contributed by atoms with van der Waals surface area (Å²) in [6.45, 7) is -0.127. The molecule has 0 saturated carbocycles. The number of pyridine rings is 1. The van der Waals surface area contributed by atoms with E-state index in [-0.39, 0.29) is 29.4 Å².